The number of anilines is 1. The highest BCUT2D eigenvalue weighted by molar-refractivity contribution is 6.25. The van der Waals surface area contributed by atoms with Gasteiger partial charge >= 0.3 is 0 Å². The van der Waals surface area contributed by atoms with E-state index in [4.69, 9.17) is 5.73 Å². The summed E-state index contributed by atoms with van der Waals surface area (Å²) in [7, 11) is 0. The van der Waals surface area contributed by atoms with Crippen LogP contribution in [-0.4, -0.2) is 47.0 Å². The van der Waals surface area contributed by atoms with E-state index in [0.29, 0.717) is 25.1 Å². The first-order valence-electron chi connectivity index (χ1n) is 9.27. The molecule has 0 aromatic heterocycles. The monoisotopic (exact) mass is 386 g/mol. The largest absolute Gasteiger partial charge is 0.384 e. The van der Waals surface area contributed by atoms with Gasteiger partial charge in [0.25, 0.3) is 11.8 Å². The van der Waals surface area contributed by atoms with Crippen LogP contribution >= 0.6 is 0 Å². The molecule has 0 saturated carbocycles. The fraction of sp³-hybridized carbons (Fsp3) is 0.421. The van der Waals surface area contributed by atoms with E-state index in [-0.39, 0.29) is 29.9 Å². The molecule has 1 saturated heterocycles. The van der Waals surface area contributed by atoms with E-state index >= 15 is 0 Å². The lowest BCUT2D eigenvalue weighted by Crippen LogP contribution is -2.54. The number of nitrogens with two attached hydrogens (primary N) is 1. The van der Waals surface area contributed by atoms with Gasteiger partial charge in [0.2, 0.25) is 17.7 Å². The summed E-state index contributed by atoms with van der Waals surface area (Å²) in [6, 6.07) is 3.96. The topological polar surface area (TPSA) is 139 Å². The zero-order valence-corrected chi connectivity index (χ0v) is 15.3. The van der Waals surface area contributed by atoms with E-state index < -0.39 is 29.7 Å². The van der Waals surface area contributed by atoms with E-state index in [9.17, 15) is 24.0 Å². The first-order valence-corrected chi connectivity index (χ1v) is 9.27. The molecule has 2 heterocycles. The summed E-state index contributed by atoms with van der Waals surface area (Å²) in [5.41, 5.74) is 6.12. The summed E-state index contributed by atoms with van der Waals surface area (Å²) in [6.07, 6.45) is 2.83. The number of unbranched alkanes of at least 4 members (excludes halogenated alkanes) is 2. The molecule has 0 spiro atoms. The molecule has 0 radical (unpaired) electrons. The van der Waals surface area contributed by atoms with E-state index in [2.05, 4.69) is 10.6 Å². The average Bonchev–Trinajstić information content (AvgIpc) is 2.90. The number of piperidine rings is 1. The summed E-state index contributed by atoms with van der Waals surface area (Å²) >= 11 is 0. The maximum atomic E-state index is 12.9. The van der Waals surface area contributed by atoms with Crippen LogP contribution in [0.3, 0.4) is 0 Å². The molecule has 2 aliphatic rings. The molecule has 1 aromatic rings. The van der Waals surface area contributed by atoms with Crippen molar-refractivity contribution >= 4 is 35.2 Å². The third-order valence-corrected chi connectivity index (χ3v) is 4.88. The number of imide groups is 2. The van der Waals surface area contributed by atoms with Crippen molar-refractivity contribution in [3.05, 3.63) is 29.3 Å². The van der Waals surface area contributed by atoms with E-state index in [0.717, 1.165) is 17.7 Å². The number of fused-ring (bicyclic) bond motifs is 1. The predicted octanol–water partition coefficient (Wildman–Crippen LogP) is 0.545. The van der Waals surface area contributed by atoms with Crippen molar-refractivity contribution < 1.29 is 24.0 Å². The maximum Gasteiger partial charge on any atom is 0.264 e. The highest BCUT2D eigenvalue weighted by Crippen LogP contribution is 2.32. The number of carbonyl (C=O) groups is 5. The minimum Gasteiger partial charge on any atom is -0.384 e. The van der Waals surface area contributed by atoms with Crippen LogP contribution in [-0.2, 0) is 14.4 Å². The lowest BCUT2D eigenvalue weighted by atomic mass is 10.0. The molecule has 148 valence electrons. The second-order valence-corrected chi connectivity index (χ2v) is 6.88. The van der Waals surface area contributed by atoms with Crippen LogP contribution in [0.2, 0.25) is 0 Å². The Morgan fingerprint density at radius 3 is 2.64 bits per heavy atom. The van der Waals surface area contributed by atoms with Crippen molar-refractivity contribution in [1.29, 1.82) is 0 Å². The van der Waals surface area contributed by atoms with Gasteiger partial charge in [0.1, 0.15) is 6.04 Å². The molecule has 2 aliphatic heterocycles. The third kappa shape index (κ3) is 3.88. The van der Waals surface area contributed by atoms with Gasteiger partial charge in [-0.3, -0.25) is 34.2 Å². The van der Waals surface area contributed by atoms with Gasteiger partial charge < -0.3 is 11.1 Å². The highest BCUT2D eigenvalue weighted by Gasteiger charge is 2.45. The minimum absolute atomic E-state index is 0.0836. The molecule has 1 fully saturated rings. The molecule has 4 N–H and O–H groups in total. The summed E-state index contributed by atoms with van der Waals surface area (Å²) in [6.45, 7) is 0.565. The molecule has 1 atom stereocenters. The molecule has 9 nitrogen and oxygen atoms in total. The van der Waals surface area contributed by atoms with E-state index in [1.54, 1.807) is 18.2 Å². The van der Waals surface area contributed by atoms with Gasteiger partial charge in [0.05, 0.1) is 11.1 Å². The van der Waals surface area contributed by atoms with Crippen molar-refractivity contribution in [2.24, 2.45) is 5.73 Å². The number of primary amides is 1. The number of hydrogen-bond donors (Lipinski definition) is 3. The Balaban J connectivity index is 1.69. The molecule has 9 heteroatoms. The van der Waals surface area contributed by atoms with Gasteiger partial charge in [-0.05, 0) is 31.4 Å². The molecule has 3 rings (SSSR count). The molecule has 0 aliphatic carbocycles. The number of carbonyl (C=O) groups excluding carboxylic acids is 5. The van der Waals surface area contributed by atoms with Crippen LogP contribution < -0.4 is 16.4 Å². The minimum atomic E-state index is -0.980. The van der Waals surface area contributed by atoms with Crippen LogP contribution in [0.4, 0.5) is 5.69 Å². The van der Waals surface area contributed by atoms with Crippen LogP contribution in [0, 0.1) is 0 Å². The Morgan fingerprint density at radius 1 is 1.14 bits per heavy atom. The predicted molar refractivity (Wildman–Crippen MR) is 99.3 cm³/mol. The molecule has 0 bridgehead atoms. The van der Waals surface area contributed by atoms with Gasteiger partial charge in [-0.1, -0.05) is 12.5 Å². The molecule has 28 heavy (non-hydrogen) atoms. The second-order valence-electron chi connectivity index (χ2n) is 6.88. The number of hydrogen-bond acceptors (Lipinski definition) is 6. The molecular formula is C19H22N4O5. The van der Waals surface area contributed by atoms with E-state index in [1.807, 2.05) is 0 Å². The summed E-state index contributed by atoms with van der Waals surface area (Å²) in [5, 5.41) is 5.33. The zero-order chi connectivity index (χ0) is 20.3. The maximum absolute atomic E-state index is 12.9. The Morgan fingerprint density at radius 2 is 1.93 bits per heavy atom. The lowest BCUT2D eigenvalue weighted by Gasteiger charge is -2.27. The van der Waals surface area contributed by atoms with Gasteiger partial charge in [-0.2, -0.15) is 0 Å². The summed E-state index contributed by atoms with van der Waals surface area (Å²) in [4.78, 5) is 60.8. The second kappa shape index (κ2) is 8.20. The van der Waals surface area contributed by atoms with Crippen molar-refractivity contribution in [1.82, 2.24) is 10.2 Å². The normalized spacial score (nSPS) is 18.9. The number of amides is 5. The van der Waals surface area contributed by atoms with Crippen LogP contribution in [0.1, 0.15) is 59.2 Å². The standard InChI is InChI=1S/C19H22N4O5/c20-14(24)7-2-1-3-10-21-12-6-4-5-11-16(12)19(28)23(18(11)27)13-8-9-15(25)22-17(13)26/h4-6,13,21H,1-3,7-10H2,(H2,20,24)(H,22,25,26). The first kappa shape index (κ1) is 19.5. The number of benzene rings is 1. The Bertz CT molecular complexity index is 851. The van der Waals surface area contributed by atoms with Crippen molar-refractivity contribution in [3.63, 3.8) is 0 Å². The van der Waals surface area contributed by atoms with Crippen LogP contribution in [0.15, 0.2) is 18.2 Å². The summed E-state index contributed by atoms with van der Waals surface area (Å²) in [5.74, 6) is -2.43. The van der Waals surface area contributed by atoms with Crippen molar-refractivity contribution in [2.75, 3.05) is 11.9 Å². The van der Waals surface area contributed by atoms with Crippen LogP contribution in [0.5, 0.6) is 0 Å². The average molecular weight is 386 g/mol. The Hall–Kier alpha value is -3.23. The lowest BCUT2D eigenvalue weighted by molar-refractivity contribution is -0.136. The van der Waals surface area contributed by atoms with Crippen LogP contribution in [0.25, 0.3) is 0 Å². The molecule has 1 aromatic carbocycles. The number of nitrogens with zero attached hydrogens (tertiary/aromatic N) is 1. The van der Waals surface area contributed by atoms with Gasteiger partial charge in [-0.15, -0.1) is 0 Å². The molecule has 5 amide bonds. The zero-order valence-electron chi connectivity index (χ0n) is 15.3. The van der Waals surface area contributed by atoms with Gasteiger partial charge in [-0.25, -0.2) is 0 Å². The Kier molecular flexibility index (Phi) is 5.72. The van der Waals surface area contributed by atoms with Gasteiger partial charge in [0.15, 0.2) is 0 Å². The fourth-order valence-electron chi connectivity index (χ4n) is 3.49. The van der Waals surface area contributed by atoms with E-state index in [1.165, 1.54) is 0 Å². The Labute approximate surface area is 161 Å². The highest BCUT2D eigenvalue weighted by atomic mass is 16.2. The number of nitrogens with one attached hydrogen (secondary N) is 2. The smallest absolute Gasteiger partial charge is 0.264 e. The molecule has 1 unspecified atom stereocenters. The van der Waals surface area contributed by atoms with Gasteiger partial charge in [0, 0.05) is 25.1 Å². The fourth-order valence-corrected chi connectivity index (χ4v) is 3.49. The quantitative estimate of drug-likeness (QED) is 0.440. The molecular weight excluding hydrogens is 364 g/mol. The summed E-state index contributed by atoms with van der Waals surface area (Å²) < 4.78 is 0. The third-order valence-electron chi connectivity index (χ3n) is 4.88. The number of rotatable bonds is 8. The van der Waals surface area contributed by atoms with Crippen molar-refractivity contribution in [3.8, 4) is 0 Å². The first-order chi connectivity index (χ1) is 13.4. The SMILES string of the molecule is NC(=O)CCCCCNc1cccc2c1C(=O)N(C1CCC(=O)NC1=O)C2=O. The van der Waals surface area contributed by atoms with Crippen molar-refractivity contribution in [2.45, 2.75) is 44.6 Å².